The van der Waals surface area contributed by atoms with Crippen LogP contribution in [0.5, 0.6) is 0 Å². The summed E-state index contributed by atoms with van der Waals surface area (Å²) in [6.07, 6.45) is 1.17. The molecule has 0 spiro atoms. The van der Waals surface area contributed by atoms with Gasteiger partial charge < -0.3 is 9.80 Å². The predicted octanol–water partition coefficient (Wildman–Crippen LogP) is 1.12. The number of sulfonamides is 1. The first kappa shape index (κ1) is 21.6. The maximum absolute atomic E-state index is 13.0. The minimum atomic E-state index is -3.52. The highest BCUT2D eigenvalue weighted by atomic mass is 35.5. The lowest BCUT2D eigenvalue weighted by atomic mass is 9.91. The molecule has 0 radical (unpaired) electrons. The average Bonchev–Trinajstić information content (AvgIpc) is 2.66. The molecule has 2 aliphatic heterocycles. The van der Waals surface area contributed by atoms with Crippen molar-refractivity contribution in [2.24, 2.45) is 11.8 Å². The van der Waals surface area contributed by atoms with E-state index in [9.17, 15) is 13.2 Å². The van der Waals surface area contributed by atoms with E-state index in [1.807, 2.05) is 11.8 Å². The molecule has 0 unspecified atom stereocenters. The van der Waals surface area contributed by atoms with Crippen LogP contribution in [0, 0.1) is 11.8 Å². The van der Waals surface area contributed by atoms with Crippen LogP contribution in [0.3, 0.4) is 0 Å². The van der Waals surface area contributed by atoms with E-state index >= 15 is 0 Å². The number of hydrogen-bond donors (Lipinski definition) is 1. The van der Waals surface area contributed by atoms with E-state index < -0.39 is 10.0 Å². The minimum absolute atomic E-state index is 0.141. The maximum Gasteiger partial charge on any atom is 0.280 e. The van der Waals surface area contributed by atoms with Gasteiger partial charge in [-0.15, -0.1) is 0 Å². The van der Waals surface area contributed by atoms with E-state index in [4.69, 9.17) is 11.6 Å². The molecule has 3 atom stereocenters. The van der Waals surface area contributed by atoms with Gasteiger partial charge in [-0.2, -0.15) is 4.31 Å². The standard InChI is InChI=1S/C20H30ClN3O3S/c1-15-12-16(2)14-23(13-15)20(25)17(3)22-8-10-24(11-9-22)28(26,27)19-6-4-18(21)5-7-19/h4-7,15-17H,8-14H2,1-3H3/p+1/t15-,16-,17-/m1/s1. The van der Waals surface area contributed by atoms with Crippen molar-refractivity contribution in [2.75, 3.05) is 39.3 Å². The topological polar surface area (TPSA) is 62.1 Å². The third kappa shape index (κ3) is 4.70. The molecule has 156 valence electrons. The summed E-state index contributed by atoms with van der Waals surface area (Å²) < 4.78 is 27.2. The van der Waals surface area contributed by atoms with Gasteiger partial charge in [0.2, 0.25) is 10.0 Å². The Bertz CT molecular complexity index is 781. The van der Waals surface area contributed by atoms with E-state index in [1.54, 1.807) is 24.3 Å². The van der Waals surface area contributed by atoms with Crippen LogP contribution in [0.15, 0.2) is 29.2 Å². The quantitative estimate of drug-likeness (QED) is 0.781. The summed E-state index contributed by atoms with van der Waals surface area (Å²) in [6, 6.07) is 6.13. The van der Waals surface area contributed by atoms with Crippen molar-refractivity contribution in [1.29, 1.82) is 0 Å². The Labute approximate surface area is 173 Å². The molecule has 2 fully saturated rings. The number of halogens is 1. The Balaban J connectivity index is 1.60. The molecule has 6 nitrogen and oxygen atoms in total. The van der Waals surface area contributed by atoms with Crippen LogP contribution < -0.4 is 4.90 Å². The lowest BCUT2D eigenvalue weighted by Gasteiger charge is -2.39. The summed E-state index contributed by atoms with van der Waals surface area (Å²) in [5.74, 6) is 1.27. The Morgan fingerprint density at radius 2 is 1.64 bits per heavy atom. The van der Waals surface area contributed by atoms with E-state index in [-0.39, 0.29) is 16.8 Å². The molecule has 1 amide bonds. The Hall–Kier alpha value is -1.15. The van der Waals surface area contributed by atoms with E-state index in [2.05, 4.69) is 13.8 Å². The first-order valence-corrected chi connectivity index (χ1v) is 11.9. The second-order valence-electron chi connectivity index (χ2n) is 8.43. The molecule has 2 heterocycles. The average molecular weight is 429 g/mol. The Morgan fingerprint density at radius 3 is 2.18 bits per heavy atom. The highest BCUT2D eigenvalue weighted by Crippen LogP contribution is 2.21. The van der Waals surface area contributed by atoms with Gasteiger partial charge in [-0.25, -0.2) is 8.42 Å². The number of piperazine rings is 1. The summed E-state index contributed by atoms with van der Waals surface area (Å²) in [6.45, 7) is 10.2. The molecule has 0 aromatic heterocycles. The highest BCUT2D eigenvalue weighted by molar-refractivity contribution is 7.89. The van der Waals surface area contributed by atoms with Gasteiger partial charge in [-0.3, -0.25) is 4.79 Å². The summed E-state index contributed by atoms with van der Waals surface area (Å²) in [7, 11) is -3.52. The number of hydrogen-bond acceptors (Lipinski definition) is 3. The van der Waals surface area contributed by atoms with Crippen LogP contribution >= 0.6 is 11.6 Å². The minimum Gasteiger partial charge on any atom is -0.337 e. The summed E-state index contributed by atoms with van der Waals surface area (Å²) >= 11 is 5.87. The van der Waals surface area contributed by atoms with Gasteiger partial charge in [0.1, 0.15) is 0 Å². The van der Waals surface area contributed by atoms with Crippen LogP contribution in [0.2, 0.25) is 5.02 Å². The fourth-order valence-corrected chi connectivity index (χ4v) is 6.06. The van der Waals surface area contributed by atoms with Gasteiger partial charge in [-0.1, -0.05) is 25.4 Å². The number of amides is 1. The molecule has 28 heavy (non-hydrogen) atoms. The van der Waals surface area contributed by atoms with Crippen molar-refractivity contribution in [3.05, 3.63) is 29.3 Å². The monoisotopic (exact) mass is 428 g/mol. The van der Waals surface area contributed by atoms with Crippen LogP contribution in [0.4, 0.5) is 0 Å². The maximum atomic E-state index is 13.0. The molecule has 8 heteroatoms. The Morgan fingerprint density at radius 1 is 1.11 bits per heavy atom. The second-order valence-corrected chi connectivity index (χ2v) is 10.8. The van der Waals surface area contributed by atoms with Crippen molar-refractivity contribution in [3.8, 4) is 0 Å². The van der Waals surface area contributed by atoms with Crippen LogP contribution in [0.1, 0.15) is 27.2 Å². The van der Waals surface area contributed by atoms with Gasteiger partial charge >= 0.3 is 0 Å². The lowest BCUT2D eigenvalue weighted by molar-refractivity contribution is -0.918. The zero-order valence-corrected chi connectivity index (χ0v) is 18.5. The first-order valence-electron chi connectivity index (χ1n) is 10.1. The fraction of sp³-hybridized carbons (Fsp3) is 0.650. The van der Waals surface area contributed by atoms with Crippen LogP contribution in [-0.4, -0.2) is 68.8 Å². The molecule has 2 aliphatic rings. The normalized spacial score (nSPS) is 26.2. The number of nitrogens with zero attached hydrogens (tertiary/aromatic N) is 2. The van der Waals surface area contributed by atoms with Gasteiger partial charge in [0.15, 0.2) is 6.04 Å². The number of nitrogens with one attached hydrogen (secondary N) is 1. The number of benzene rings is 1. The van der Waals surface area contributed by atoms with Crippen LogP contribution in [0.25, 0.3) is 0 Å². The van der Waals surface area contributed by atoms with Crippen molar-refractivity contribution >= 4 is 27.5 Å². The third-order valence-corrected chi connectivity index (χ3v) is 8.14. The second kappa shape index (κ2) is 8.69. The summed E-state index contributed by atoms with van der Waals surface area (Å²) in [5, 5.41) is 0.516. The van der Waals surface area contributed by atoms with Gasteiger partial charge in [-0.05, 0) is 49.4 Å². The molecule has 1 N–H and O–H groups in total. The molecule has 1 aromatic rings. The zero-order chi connectivity index (χ0) is 20.5. The Kier molecular flexibility index (Phi) is 6.69. The number of likely N-dealkylation sites (tertiary alicyclic amines) is 1. The van der Waals surface area contributed by atoms with Crippen LogP contribution in [-0.2, 0) is 14.8 Å². The van der Waals surface area contributed by atoms with Crippen molar-refractivity contribution in [1.82, 2.24) is 9.21 Å². The molecule has 3 rings (SSSR count). The molecule has 0 bridgehead atoms. The van der Waals surface area contributed by atoms with Gasteiger partial charge in [0, 0.05) is 18.1 Å². The SMILES string of the molecule is C[C@@H]1C[C@@H](C)CN(C(=O)[C@@H](C)[NH+]2CCN(S(=O)(=O)c3ccc(Cl)cc3)CC2)C1. The number of carbonyl (C=O) groups excluding carboxylic acids is 1. The molecule has 2 saturated heterocycles. The highest BCUT2D eigenvalue weighted by Gasteiger charge is 2.37. The summed E-state index contributed by atoms with van der Waals surface area (Å²) in [4.78, 5) is 16.4. The first-order chi connectivity index (χ1) is 13.2. The lowest BCUT2D eigenvalue weighted by Crippen LogP contribution is -3.19. The smallest absolute Gasteiger partial charge is 0.280 e. The third-order valence-electron chi connectivity index (χ3n) is 5.98. The van der Waals surface area contributed by atoms with E-state index in [0.29, 0.717) is 43.0 Å². The molecule has 1 aromatic carbocycles. The number of carbonyl (C=O) groups is 1. The predicted molar refractivity (Wildman–Crippen MR) is 110 cm³/mol. The number of quaternary nitrogens is 1. The zero-order valence-electron chi connectivity index (χ0n) is 16.9. The fourth-order valence-electron chi connectivity index (χ4n) is 4.49. The van der Waals surface area contributed by atoms with E-state index in [1.165, 1.54) is 15.6 Å². The van der Waals surface area contributed by atoms with Crippen molar-refractivity contribution < 1.29 is 18.1 Å². The van der Waals surface area contributed by atoms with Gasteiger partial charge in [0.05, 0.1) is 31.1 Å². The van der Waals surface area contributed by atoms with E-state index in [0.717, 1.165) is 13.1 Å². The van der Waals surface area contributed by atoms with Crippen molar-refractivity contribution in [3.63, 3.8) is 0 Å². The molecule has 0 saturated carbocycles. The van der Waals surface area contributed by atoms with Gasteiger partial charge in [0.25, 0.3) is 5.91 Å². The van der Waals surface area contributed by atoms with Crippen molar-refractivity contribution in [2.45, 2.75) is 38.1 Å². The number of piperidine rings is 1. The summed E-state index contributed by atoms with van der Waals surface area (Å²) in [5.41, 5.74) is 0. The molecule has 0 aliphatic carbocycles. The molecular formula is C20H31ClN3O3S+. The number of rotatable bonds is 4. The molecular weight excluding hydrogens is 398 g/mol. The largest absolute Gasteiger partial charge is 0.337 e.